The molecule has 4 heterocycles. The number of hydrogen-bond donors (Lipinski definition) is 2. The number of alkyl halides is 2. The molecule has 4 aromatic rings. The predicted molar refractivity (Wildman–Crippen MR) is 155 cm³/mol. The van der Waals surface area contributed by atoms with Crippen molar-refractivity contribution in [3.63, 3.8) is 0 Å². The van der Waals surface area contributed by atoms with Crippen LogP contribution in [0.4, 0.5) is 24.7 Å². The third-order valence-corrected chi connectivity index (χ3v) is 8.67. The predicted octanol–water partition coefficient (Wildman–Crippen LogP) is 5.42. The van der Waals surface area contributed by atoms with Gasteiger partial charge in [-0.2, -0.15) is 5.10 Å². The Morgan fingerprint density at radius 3 is 2.61 bits per heavy atom. The molecule has 1 saturated heterocycles. The summed E-state index contributed by atoms with van der Waals surface area (Å²) in [4.78, 5) is 40.3. The fourth-order valence-electron chi connectivity index (χ4n) is 5.66. The monoisotopic (exact) mass is 625 g/mol. The first-order chi connectivity index (χ1) is 21.0. The van der Waals surface area contributed by atoms with Crippen molar-refractivity contribution in [2.45, 2.75) is 46.3 Å². The molecule has 1 saturated carbocycles. The number of carbonyl (C=O) groups excluding carboxylic acids is 2. The van der Waals surface area contributed by atoms with E-state index in [0.717, 1.165) is 41.4 Å². The number of fused-ring (bicyclic) bond motifs is 1. The van der Waals surface area contributed by atoms with Gasteiger partial charge in [0.1, 0.15) is 5.82 Å². The number of aliphatic hydroxyl groups excluding tert-OH is 1. The summed E-state index contributed by atoms with van der Waals surface area (Å²) < 4.78 is 43.8. The highest BCUT2D eigenvalue weighted by molar-refractivity contribution is 6.31. The maximum atomic E-state index is 14.9. The van der Waals surface area contributed by atoms with Crippen LogP contribution in [0.3, 0.4) is 0 Å². The average Bonchev–Trinajstić information content (AvgIpc) is 3.50. The van der Waals surface area contributed by atoms with Crippen molar-refractivity contribution in [2.75, 3.05) is 16.8 Å². The lowest BCUT2D eigenvalue weighted by molar-refractivity contribution is -0.118. The van der Waals surface area contributed by atoms with Crippen molar-refractivity contribution in [1.82, 2.24) is 24.7 Å². The van der Waals surface area contributed by atoms with Gasteiger partial charge in [0.15, 0.2) is 11.5 Å². The highest BCUT2D eigenvalue weighted by Gasteiger charge is 2.53. The number of aliphatic hydroxyl groups is 1. The van der Waals surface area contributed by atoms with E-state index in [9.17, 15) is 27.9 Å². The molecule has 3 atom stereocenters. The van der Waals surface area contributed by atoms with Crippen LogP contribution in [0.25, 0.3) is 11.3 Å². The zero-order chi connectivity index (χ0) is 31.4. The number of aromatic nitrogens is 5. The molecule has 1 aromatic carbocycles. The molecule has 0 bridgehead atoms. The number of halogens is 4. The lowest BCUT2D eigenvalue weighted by Gasteiger charge is -2.23. The van der Waals surface area contributed by atoms with Crippen LogP contribution in [-0.2, 0) is 11.4 Å². The minimum Gasteiger partial charge on any atom is -0.390 e. The molecule has 1 aliphatic heterocycles. The van der Waals surface area contributed by atoms with Crippen LogP contribution in [-0.4, -0.2) is 48.2 Å². The number of anilines is 2. The molecule has 3 aromatic heterocycles. The van der Waals surface area contributed by atoms with Crippen molar-refractivity contribution < 1.29 is 27.9 Å². The van der Waals surface area contributed by atoms with Crippen molar-refractivity contribution >= 4 is 34.9 Å². The largest absolute Gasteiger partial charge is 0.390 e. The molecule has 1 unspecified atom stereocenters. The minimum atomic E-state index is -3.05. The van der Waals surface area contributed by atoms with E-state index in [0.29, 0.717) is 18.3 Å². The molecule has 14 heteroatoms. The van der Waals surface area contributed by atoms with Gasteiger partial charge in [0, 0.05) is 36.0 Å². The van der Waals surface area contributed by atoms with Gasteiger partial charge < -0.3 is 10.4 Å². The molecular formula is C30H27ClF3N7O3. The second-order valence-corrected chi connectivity index (χ2v) is 11.4. The number of amides is 2. The van der Waals surface area contributed by atoms with E-state index in [-0.39, 0.29) is 40.6 Å². The Bertz CT molecular complexity index is 1810. The molecule has 228 valence electrons. The van der Waals surface area contributed by atoms with E-state index in [1.807, 2.05) is 20.8 Å². The maximum Gasteiger partial charge on any atom is 0.276 e. The Hall–Kier alpha value is -4.36. The van der Waals surface area contributed by atoms with Gasteiger partial charge in [0.2, 0.25) is 5.91 Å². The molecule has 1 aliphatic carbocycles. The molecule has 0 spiro atoms. The van der Waals surface area contributed by atoms with Gasteiger partial charge in [0.05, 0.1) is 47.1 Å². The van der Waals surface area contributed by atoms with Gasteiger partial charge in [-0.15, -0.1) is 0 Å². The molecule has 2 N–H and O–H groups in total. The molecule has 2 aliphatic rings. The number of carbonyl (C=O) groups is 2. The summed E-state index contributed by atoms with van der Waals surface area (Å²) in [7, 11) is 0. The van der Waals surface area contributed by atoms with Crippen LogP contribution in [0.15, 0.2) is 36.9 Å². The molecule has 44 heavy (non-hydrogen) atoms. The highest BCUT2D eigenvalue weighted by atomic mass is 35.5. The number of nitrogens with zero attached hydrogens (tertiary/aromatic N) is 6. The summed E-state index contributed by atoms with van der Waals surface area (Å²) in [6.07, 6.45) is 3.64. The third-order valence-electron chi connectivity index (χ3n) is 8.37. The summed E-state index contributed by atoms with van der Waals surface area (Å²) in [5.41, 5.74) is 0.905. The summed E-state index contributed by atoms with van der Waals surface area (Å²) in [5.74, 6) is -0.592. The fraction of sp³-hybridized carbons (Fsp3) is 0.333. The smallest absolute Gasteiger partial charge is 0.276 e. The second-order valence-electron chi connectivity index (χ2n) is 11.0. The second kappa shape index (κ2) is 11.3. The Morgan fingerprint density at radius 1 is 1.16 bits per heavy atom. The Balaban J connectivity index is 1.24. The van der Waals surface area contributed by atoms with Crippen LogP contribution < -0.4 is 10.2 Å². The zero-order valence-electron chi connectivity index (χ0n) is 23.9. The van der Waals surface area contributed by atoms with Gasteiger partial charge in [0.25, 0.3) is 12.3 Å². The first-order valence-corrected chi connectivity index (χ1v) is 14.2. The molecule has 2 amide bonds. The SMILES string of the molecule is Cc1c(C(C)n2cc(NC(=O)c3nc(-c4c(C(F)F)ccc(Cl)c4F)cnc3CO)cn2)cnc(N2C[C@H]3C[C@H]3C2=O)c1C. The quantitative estimate of drug-likeness (QED) is 0.268. The van der Waals surface area contributed by atoms with Crippen LogP contribution in [0.2, 0.25) is 5.02 Å². The number of hydrogen-bond acceptors (Lipinski definition) is 7. The van der Waals surface area contributed by atoms with Crippen LogP contribution in [0.5, 0.6) is 0 Å². The van der Waals surface area contributed by atoms with E-state index in [1.54, 1.807) is 22.0 Å². The normalized spacial score (nSPS) is 18.1. The summed E-state index contributed by atoms with van der Waals surface area (Å²) in [6, 6.07) is 1.69. The maximum absolute atomic E-state index is 14.9. The first-order valence-electron chi connectivity index (χ1n) is 13.9. The van der Waals surface area contributed by atoms with Gasteiger partial charge in [-0.25, -0.2) is 23.1 Å². The van der Waals surface area contributed by atoms with Crippen molar-refractivity contribution in [3.05, 3.63) is 81.4 Å². The van der Waals surface area contributed by atoms with Crippen molar-refractivity contribution in [2.24, 2.45) is 11.8 Å². The Morgan fingerprint density at radius 2 is 1.93 bits per heavy atom. The van der Waals surface area contributed by atoms with E-state index in [2.05, 4.69) is 25.4 Å². The Kier molecular flexibility index (Phi) is 7.62. The Labute approximate surface area is 254 Å². The number of nitrogens with one attached hydrogen (secondary N) is 1. The van der Waals surface area contributed by atoms with E-state index < -0.39 is 40.9 Å². The average molecular weight is 626 g/mol. The van der Waals surface area contributed by atoms with Crippen LogP contribution >= 0.6 is 11.6 Å². The minimum absolute atomic E-state index is 0.128. The number of piperidine rings is 1. The van der Waals surface area contributed by atoms with Gasteiger partial charge >= 0.3 is 0 Å². The molecule has 10 nitrogen and oxygen atoms in total. The first kappa shape index (κ1) is 29.7. The number of pyridine rings is 1. The van der Waals surface area contributed by atoms with Crippen molar-refractivity contribution in [3.8, 4) is 11.3 Å². The highest BCUT2D eigenvalue weighted by Crippen LogP contribution is 2.47. The van der Waals surface area contributed by atoms with E-state index >= 15 is 0 Å². The zero-order valence-corrected chi connectivity index (χ0v) is 24.6. The van der Waals surface area contributed by atoms with Gasteiger partial charge in [-0.05, 0) is 55.9 Å². The van der Waals surface area contributed by atoms with Crippen molar-refractivity contribution in [1.29, 1.82) is 0 Å². The summed E-state index contributed by atoms with van der Waals surface area (Å²) >= 11 is 5.83. The summed E-state index contributed by atoms with van der Waals surface area (Å²) in [5, 5.41) is 16.4. The molecular weight excluding hydrogens is 599 g/mol. The topological polar surface area (TPSA) is 126 Å². The lowest BCUT2D eigenvalue weighted by atomic mass is 10.0. The van der Waals surface area contributed by atoms with E-state index in [4.69, 9.17) is 11.6 Å². The molecule has 0 radical (unpaired) electrons. The standard InChI is InChI=1S/C30H27ClF3N7O3/c1-13-14(2)28(40-10-16-6-19(16)30(40)44)36-8-20(13)15(3)41-11-17(7-37-41)38-29(43)26-23(12-42)35-9-22(39-26)24-18(27(33)34)4-5-21(31)25(24)32/h4-5,7-9,11,15-16,19,27,42H,6,10,12H2,1-3H3,(H,38,43)/t15?,16-,19-/m1/s1. The molecule has 6 rings (SSSR count). The summed E-state index contributed by atoms with van der Waals surface area (Å²) in [6.45, 7) is 5.83. The van der Waals surface area contributed by atoms with Crippen LogP contribution in [0.1, 0.15) is 64.2 Å². The van der Waals surface area contributed by atoms with Gasteiger partial charge in [-0.3, -0.25) is 24.2 Å². The molecule has 2 fully saturated rings. The third kappa shape index (κ3) is 5.09. The number of benzene rings is 1. The van der Waals surface area contributed by atoms with Crippen LogP contribution in [0, 0.1) is 31.5 Å². The number of rotatable bonds is 8. The lowest BCUT2D eigenvalue weighted by Crippen LogP contribution is -2.30. The van der Waals surface area contributed by atoms with Gasteiger partial charge in [-0.1, -0.05) is 17.7 Å². The van der Waals surface area contributed by atoms with E-state index in [1.165, 1.54) is 6.20 Å². The fourth-order valence-corrected chi connectivity index (χ4v) is 5.81.